The summed E-state index contributed by atoms with van der Waals surface area (Å²) < 4.78 is 0. The van der Waals surface area contributed by atoms with Crippen LogP contribution in [0.25, 0.3) is 0 Å². The van der Waals surface area contributed by atoms with Crippen LogP contribution in [0.3, 0.4) is 0 Å². The quantitative estimate of drug-likeness (QED) is 0.831. The summed E-state index contributed by atoms with van der Waals surface area (Å²) in [6.45, 7) is 4.30. The first-order valence-electron chi connectivity index (χ1n) is 7.64. The highest BCUT2D eigenvalue weighted by Crippen LogP contribution is 2.31. The lowest BCUT2D eigenvalue weighted by molar-refractivity contribution is -0.134. The third-order valence-electron chi connectivity index (χ3n) is 4.82. The standard InChI is InChI=1S/C17H22N2O2/c1-12-5-3-4-6-15(12)13-7-8-19(11-13)17(21)14-9-16(20)18(2)10-14/h3-6,13-14H,7-11H2,1-2H3/t13-,14+/m0/s1. The predicted molar refractivity (Wildman–Crippen MR) is 80.9 cm³/mol. The van der Waals surface area contributed by atoms with Crippen molar-refractivity contribution < 1.29 is 9.59 Å². The first-order chi connectivity index (χ1) is 10.1. The zero-order chi connectivity index (χ0) is 15.0. The van der Waals surface area contributed by atoms with Crippen LogP contribution < -0.4 is 0 Å². The first kappa shape index (κ1) is 14.1. The Labute approximate surface area is 125 Å². The topological polar surface area (TPSA) is 40.6 Å². The molecule has 21 heavy (non-hydrogen) atoms. The van der Waals surface area contributed by atoms with Crippen LogP contribution in [0.15, 0.2) is 24.3 Å². The first-order valence-corrected chi connectivity index (χ1v) is 7.64. The van der Waals surface area contributed by atoms with Crippen molar-refractivity contribution >= 4 is 11.8 Å². The molecule has 2 saturated heterocycles. The third kappa shape index (κ3) is 2.67. The maximum absolute atomic E-state index is 12.5. The molecular formula is C17H22N2O2. The number of hydrogen-bond donors (Lipinski definition) is 0. The highest BCUT2D eigenvalue weighted by Gasteiger charge is 2.37. The second-order valence-electron chi connectivity index (χ2n) is 6.30. The molecule has 1 aromatic rings. The van der Waals surface area contributed by atoms with Crippen molar-refractivity contribution in [1.82, 2.24) is 9.80 Å². The zero-order valence-electron chi connectivity index (χ0n) is 12.7. The summed E-state index contributed by atoms with van der Waals surface area (Å²) in [6.07, 6.45) is 1.40. The van der Waals surface area contributed by atoms with Crippen molar-refractivity contribution in [2.75, 3.05) is 26.7 Å². The minimum Gasteiger partial charge on any atom is -0.345 e. The van der Waals surface area contributed by atoms with E-state index >= 15 is 0 Å². The van der Waals surface area contributed by atoms with Crippen molar-refractivity contribution in [3.05, 3.63) is 35.4 Å². The van der Waals surface area contributed by atoms with Crippen LogP contribution in [0, 0.1) is 12.8 Å². The molecule has 2 fully saturated rings. The van der Waals surface area contributed by atoms with Gasteiger partial charge in [-0.25, -0.2) is 0 Å². The van der Waals surface area contributed by atoms with Crippen molar-refractivity contribution in [3.63, 3.8) is 0 Å². The maximum atomic E-state index is 12.5. The number of aryl methyl sites for hydroxylation is 1. The van der Waals surface area contributed by atoms with E-state index < -0.39 is 0 Å². The van der Waals surface area contributed by atoms with Crippen molar-refractivity contribution in [1.29, 1.82) is 0 Å². The van der Waals surface area contributed by atoms with Gasteiger partial charge in [0.05, 0.1) is 5.92 Å². The number of carbonyl (C=O) groups is 2. The fraction of sp³-hybridized carbons (Fsp3) is 0.529. The van der Waals surface area contributed by atoms with Gasteiger partial charge >= 0.3 is 0 Å². The molecule has 112 valence electrons. The van der Waals surface area contributed by atoms with E-state index in [0.29, 0.717) is 18.9 Å². The summed E-state index contributed by atoms with van der Waals surface area (Å²) in [4.78, 5) is 27.8. The number of rotatable bonds is 2. The molecule has 0 aromatic heterocycles. The van der Waals surface area contributed by atoms with Crippen LogP contribution in [0.5, 0.6) is 0 Å². The summed E-state index contributed by atoms with van der Waals surface area (Å²) in [5.74, 6) is 0.537. The molecule has 0 spiro atoms. The van der Waals surface area contributed by atoms with E-state index in [2.05, 4.69) is 31.2 Å². The molecule has 0 saturated carbocycles. The molecule has 0 aliphatic carbocycles. The lowest BCUT2D eigenvalue weighted by Gasteiger charge is -2.20. The fourth-order valence-corrected chi connectivity index (χ4v) is 3.55. The SMILES string of the molecule is Cc1ccccc1[C@H]1CCN(C(=O)[C@@H]2CC(=O)N(C)C2)C1. The second kappa shape index (κ2) is 5.51. The molecule has 0 unspecified atom stereocenters. The molecule has 2 amide bonds. The fourth-order valence-electron chi connectivity index (χ4n) is 3.55. The van der Waals surface area contributed by atoms with Gasteiger partial charge < -0.3 is 9.80 Å². The largest absolute Gasteiger partial charge is 0.345 e. The molecule has 4 heteroatoms. The Kier molecular flexibility index (Phi) is 3.70. The van der Waals surface area contributed by atoms with E-state index in [0.717, 1.165) is 19.5 Å². The Morgan fingerprint density at radius 2 is 2.00 bits per heavy atom. The van der Waals surface area contributed by atoms with Gasteiger partial charge in [0.15, 0.2) is 0 Å². The monoisotopic (exact) mass is 286 g/mol. The van der Waals surface area contributed by atoms with E-state index in [1.165, 1.54) is 11.1 Å². The minimum absolute atomic E-state index is 0.0861. The Morgan fingerprint density at radius 1 is 1.24 bits per heavy atom. The average molecular weight is 286 g/mol. The molecule has 2 heterocycles. The molecule has 2 atom stereocenters. The Bertz CT molecular complexity index is 570. The highest BCUT2D eigenvalue weighted by atomic mass is 16.2. The van der Waals surface area contributed by atoms with Gasteiger partial charge in [0.2, 0.25) is 11.8 Å². The average Bonchev–Trinajstić information content (AvgIpc) is 3.07. The summed E-state index contributed by atoms with van der Waals surface area (Å²) in [6, 6.07) is 8.42. The molecule has 2 aliphatic heterocycles. The van der Waals surface area contributed by atoms with Crippen molar-refractivity contribution in [2.45, 2.75) is 25.7 Å². The summed E-state index contributed by atoms with van der Waals surface area (Å²) in [5, 5.41) is 0. The van der Waals surface area contributed by atoms with E-state index in [1.54, 1.807) is 11.9 Å². The van der Waals surface area contributed by atoms with Gasteiger partial charge in [-0.1, -0.05) is 24.3 Å². The van der Waals surface area contributed by atoms with Gasteiger partial charge in [0.1, 0.15) is 0 Å². The number of nitrogens with zero attached hydrogens (tertiary/aromatic N) is 2. The van der Waals surface area contributed by atoms with E-state index in [9.17, 15) is 9.59 Å². The Hall–Kier alpha value is -1.84. The van der Waals surface area contributed by atoms with Crippen LogP contribution in [0.1, 0.15) is 29.9 Å². The lowest BCUT2D eigenvalue weighted by atomic mass is 9.94. The van der Waals surface area contributed by atoms with Crippen LogP contribution in [-0.2, 0) is 9.59 Å². The number of amides is 2. The minimum atomic E-state index is -0.141. The van der Waals surface area contributed by atoms with Gasteiger partial charge in [-0.3, -0.25) is 9.59 Å². The molecule has 3 rings (SSSR count). The van der Waals surface area contributed by atoms with Gasteiger partial charge in [-0.15, -0.1) is 0 Å². The molecule has 0 bridgehead atoms. The van der Waals surface area contributed by atoms with Gasteiger partial charge in [-0.05, 0) is 24.5 Å². The summed E-state index contributed by atoms with van der Waals surface area (Å²) >= 11 is 0. The molecule has 0 N–H and O–H groups in total. The molecule has 2 aliphatic rings. The van der Waals surface area contributed by atoms with Crippen LogP contribution >= 0.6 is 0 Å². The lowest BCUT2D eigenvalue weighted by Crippen LogP contribution is -2.35. The number of carbonyl (C=O) groups excluding carboxylic acids is 2. The smallest absolute Gasteiger partial charge is 0.228 e. The third-order valence-corrected chi connectivity index (χ3v) is 4.82. The Balaban J connectivity index is 1.66. The summed E-state index contributed by atoms with van der Waals surface area (Å²) in [5.41, 5.74) is 2.65. The number of hydrogen-bond acceptors (Lipinski definition) is 2. The summed E-state index contributed by atoms with van der Waals surface area (Å²) in [7, 11) is 1.77. The van der Waals surface area contributed by atoms with Gasteiger partial charge in [0, 0.05) is 39.0 Å². The predicted octanol–water partition coefficient (Wildman–Crippen LogP) is 1.79. The van der Waals surface area contributed by atoms with E-state index in [-0.39, 0.29) is 17.7 Å². The number of benzene rings is 1. The van der Waals surface area contributed by atoms with Crippen molar-refractivity contribution in [2.24, 2.45) is 5.92 Å². The highest BCUT2D eigenvalue weighted by molar-refractivity contribution is 5.89. The number of likely N-dealkylation sites (tertiary alicyclic amines) is 2. The normalized spacial score (nSPS) is 25.7. The molecule has 0 radical (unpaired) electrons. The Morgan fingerprint density at radius 3 is 2.67 bits per heavy atom. The molecular weight excluding hydrogens is 264 g/mol. The van der Waals surface area contributed by atoms with Gasteiger partial charge in [0.25, 0.3) is 0 Å². The zero-order valence-corrected chi connectivity index (χ0v) is 12.7. The molecule has 1 aromatic carbocycles. The van der Waals surface area contributed by atoms with Crippen LogP contribution in [0.2, 0.25) is 0 Å². The molecule has 4 nitrogen and oxygen atoms in total. The van der Waals surface area contributed by atoms with E-state index in [1.807, 2.05) is 4.90 Å². The van der Waals surface area contributed by atoms with Crippen molar-refractivity contribution in [3.8, 4) is 0 Å². The van der Waals surface area contributed by atoms with Crippen LogP contribution in [-0.4, -0.2) is 48.3 Å². The maximum Gasteiger partial charge on any atom is 0.228 e. The van der Waals surface area contributed by atoms with Gasteiger partial charge in [-0.2, -0.15) is 0 Å². The van der Waals surface area contributed by atoms with Crippen LogP contribution in [0.4, 0.5) is 0 Å². The second-order valence-corrected chi connectivity index (χ2v) is 6.30. The van der Waals surface area contributed by atoms with E-state index in [4.69, 9.17) is 0 Å².